The van der Waals surface area contributed by atoms with Gasteiger partial charge in [-0.15, -0.1) is 12.3 Å². The first-order valence-corrected chi connectivity index (χ1v) is 6.27. The Morgan fingerprint density at radius 1 is 1.42 bits per heavy atom. The van der Waals surface area contributed by atoms with Crippen LogP contribution < -0.4 is 0 Å². The third-order valence-electron chi connectivity index (χ3n) is 2.18. The zero-order valence-corrected chi connectivity index (χ0v) is 11.7. The predicted molar refractivity (Wildman–Crippen MR) is 75.6 cm³/mol. The molecule has 100 valence electrons. The molecule has 0 aliphatic carbocycles. The van der Waals surface area contributed by atoms with E-state index in [0.717, 1.165) is 19.3 Å². The molecule has 0 fully saturated rings. The van der Waals surface area contributed by atoms with Gasteiger partial charge in [-0.2, -0.15) is 0 Å². The molecular formula is C16H19NO2. The van der Waals surface area contributed by atoms with E-state index in [1.54, 1.807) is 18.3 Å². The van der Waals surface area contributed by atoms with Crippen LogP contribution in [0.4, 0.5) is 4.79 Å². The van der Waals surface area contributed by atoms with Crippen LogP contribution in [0.3, 0.4) is 0 Å². The first-order chi connectivity index (χ1) is 8.94. The largest absolute Gasteiger partial charge is 0.443 e. The summed E-state index contributed by atoms with van der Waals surface area (Å²) in [6.07, 6.45) is 8.73. The fraction of sp³-hybridized carbons (Fsp3) is 0.438. The molecule has 3 heteroatoms. The highest BCUT2D eigenvalue weighted by molar-refractivity contribution is 5.73. The lowest BCUT2D eigenvalue weighted by molar-refractivity contribution is 0.0536. The number of hydrogen-bond acceptors (Lipinski definition) is 2. The summed E-state index contributed by atoms with van der Waals surface area (Å²) >= 11 is 0. The number of carbonyl (C=O) groups excluding carboxylic acids is 1. The summed E-state index contributed by atoms with van der Waals surface area (Å²) in [5.41, 5.74) is 0.119. The molecule has 0 saturated carbocycles. The molecule has 0 N–H and O–H groups in total. The molecule has 1 heterocycles. The van der Waals surface area contributed by atoms with Gasteiger partial charge in [-0.05, 0) is 45.2 Å². The molecule has 3 nitrogen and oxygen atoms in total. The number of terminal acetylenes is 1. The smallest absolute Gasteiger partial charge is 0.419 e. The van der Waals surface area contributed by atoms with Gasteiger partial charge < -0.3 is 4.74 Å². The number of rotatable bonds is 2. The van der Waals surface area contributed by atoms with E-state index in [1.807, 2.05) is 20.8 Å². The van der Waals surface area contributed by atoms with Gasteiger partial charge in [0, 0.05) is 19.0 Å². The van der Waals surface area contributed by atoms with E-state index in [9.17, 15) is 4.79 Å². The van der Waals surface area contributed by atoms with Crippen LogP contribution in [0, 0.1) is 24.2 Å². The van der Waals surface area contributed by atoms with Gasteiger partial charge in [-0.1, -0.05) is 5.92 Å². The summed E-state index contributed by atoms with van der Waals surface area (Å²) in [6.45, 7) is 5.50. The Hall–Kier alpha value is -2.13. The molecule has 1 aromatic rings. The van der Waals surface area contributed by atoms with E-state index in [2.05, 4.69) is 17.8 Å². The van der Waals surface area contributed by atoms with Crippen LogP contribution >= 0.6 is 0 Å². The maximum atomic E-state index is 11.9. The molecular weight excluding hydrogens is 238 g/mol. The van der Waals surface area contributed by atoms with E-state index in [4.69, 9.17) is 11.2 Å². The van der Waals surface area contributed by atoms with Gasteiger partial charge in [0.15, 0.2) is 0 Å². The van der Waals surface area contributed by atoms with Crippen LogP contribution in [-0.2, 0) is 4.74 Å². The van der Waals surface area contributed by atoms with E-state index < -0.39 is 11.7 Å². The van der Waals surface area contributed by atoms with E-state index in [1.165, 1.54) is 4.57 Å². The monoisotopic (exact) mass is 257 g/mol. The fourth-order valence-electron chi connectivity index (χ4n) is 1.38. The van der Waals surface area contributed by atoms with Gasteiger partial charge in [0.2, 0.25) is 0 Å². The summed E-state index contributed by atoms with van der Waals surface area (Å²) in [4.78, 5) is 11.9. The maximum absolute atomic E-state index is 11.9. The summed E-state index contributed by atoms with van der Waals surface area (Å²) in [5.74, 6) is 8.54. The predicted octanol–water partition coefficient (Wildman–Crippen LogP) is 3.43. The van der Waals surface area contributed by atoms with Crippen LogP contribution in [-0.4, -0.2) is 16.3 Å². The standard InChI is InChI=1S/C16H19NO2/c1-5-6-7-8-9-11-14-12-10-13-17(14)15(18)19-16(2,3)4/h1,10,12-13H,6-8H2,2-4H3. The van der Waals surface area contributed by atoms with Crippen molar-refractivity contribution in [1.29, 1.82) is 0 Å². The zero-order valence-electron chi connectivity index (χ0n) is 11.7. The second kappa shape index (κ2) is 6.71. The molecule has 0 radical (unpaired) electrons. The van der Waals surface area contributed by atoms with Crippen molar-refractivity contribution in [2.75, 3.05) is 0 Å². The molecule has 1 aromatic heterocycles. The maximum Gasteiger partial charge on any atom is 0.419 e. The lowest BCUT2D eigenvalue weighted by Gasteiger charge is -2.19. The van der Waals surface area contributed by atoms with Crippen LogP contribution in [0.2, 0.25) is 0 Å². The Kier molecular flexibility index (Phi) is 5.27. The average Bonchev–Trinajstić information content (AvgIpc) is 2.75. The minimum Gasteiger partial charge on any atom is -0.443 e. The molecule has 0 spiro atoms. The van der Waals surface area contributed by atoms with Crippen molar-refractivity contribution in [1.82, 2.24) is 4.57 Å². The average molecular weight is 257 g/mol. The van der Waals surface area contributed by atoms with Crippen molar-refractivity contribution in [2.45, 2.75) is 45.6 Å². The fourth-order valence-corrected chi connectivity index (χ4v) is 1.38. The Bertz CT molecular complexity index is 530. The van der Waals surface area contributed by atoms with Gasteiger partial charge in [0.1, 0.15) is 11.3 Å². The third-order valence-corrected chi connectivity index (χ3v) is 2.18. The Morgan fingerprint density at radius 3 is 2.79 bits per heavy atom. The van der Waals surface area contributed by atoms with Gasteiger partial charge in [-0.3, -0.25) is 0 Å². The first kappa shape index (κ1) is 14.9. The Labute approximate surface area is 115 Å². The Balaban J connectivity index is 2.70. The van der Waals surface area contributed by atoms with Gasteiger partial charge in [-0.25, -0.2) is 9.36 Å². The first-order valence-electron chi connectivity index (χ1n) is 6.27. The molecule has 0 atom stereocenters. The molecule has 0 amide bonds. The number of unbranched alkanes of at least 4 members (excludes halogenated alkanes) is 2. The van der Waals surface area contributed by atoms with Crippen LogP contribution in [0.15, 0.2) is 18.3 Å². The van der Waals surface area contributed by atoms with Crippen molar-refractivity contribution in [3.63, 3.8) is 0 Å². The molecule has 0 bridgehead atoms. The van der Waals surface area contributed by atoms with E-state index in [-0.39, 0.29) is 0 Å². The summed E-state index contributed by atoms with van der Waals surface area (Å²) in [7, 11) is 0. The minimum atomic E-state index is -0.515. The minimum absolute atomic E-state index is 0.412. The second-order valence-electron chi connectivity index (χ2n) is 5.10. The SMILES string of the molecule is C#CCCCC#Cc1cccn1C(=O)OC(C)(C)C. The molecule has 19 heavy (non-hydrogen) atoms. The molecule has 0 aliphatic rings. The number of carbonyl (C=O) groups is 1. The molecule has 0 saturated heterocycles. The van der Waals surface area contributed by atoms with Gasteiger partial charge >= 0.3 is 6.09 Å². The highest BCUT2D eigenvalue weighted by Gasteiger charge is 2.18. The normalized spacial score (nSPS) is 10.2. The quantitative estimate of drug-likeness (QED) is 0.600. The highest BCUT2D eigenvalue weighted by Crippen LogP contribution is 2.10. The molecule has 0 aromatic carbocycles. The number of hydrogen-bond donors (Lipinski definition) is 0. The lowest BCUT2D eigenvalue weighted by atomic mass is 10.2. The van der Waals surface area contributed by atoms with Crippen LogP contribution in [0.1, 0.15) is 45.7 Å². The van der Waals surface area contributed by atoms with Crippen molar-refractivity contribution in [2.24, 2.45) is 0 Å². The molecule has 0 unspecified atom stereocenters. The molecule has 0 aliphatic heterocycles. The molecule has 1 rings (SSSR count). The van der Waals surface area contributed by atoms with E-state index in [0.29, 0.717) is 5.69 Å². The van der Waals surface area contributed by atoms with E-state index >= 15 is 0 Å². The topological polar surface area (TPSA) is 31.2 Å². The van der Waals surface area contributed by atoms with Crippen molar-refractivity contribution < 1.29 is 9.53 Å². The Morgan fingerprint density at radius 2 is 2.16 bits per heavy atom. The van der Waals surface area contributed by atoms with Crippen molar-refractivity contribution >= 4 is 6.09 Å². The van der Waals surface area contributed by atoms with Crippen LogP contribution in [0.5, 0.6) is 0 Å². The number of aromatic nitrogens is 1. The highest BCUT2D eigenvalue weighted by atomic mass is 16.6. The summed E-state index contributed by atoms with van der Waals surface area (Å²) < 4.78 is 6.71. The van der Waals surface area contributed by atoms with Gasteiger partial charge in [0.25, 0.3) is 0 Å². The summed E-state index contributed by atoms with van der Waals surface area (Å²) in [6, 6.07) is 3.56. The lowest BCUT2D eigenvalue weighted by Crippen LogP contribution is -2.27. The van der Waals surface area contributed by atoms with Crippen LogP contribution in [0.25, 0.3) is 0 Å². The zero-order chi connectivity index (χ0) is 14.3. The van der Waals surface area contributed by atoms with Gasteiger partial charge in [0.05, 0.1) is 0 Å². The number of ether oxygens (including phenoxy) is 1. The number of nitrogens with zero attached hydrogens (tertiary/aromatic N) is 1. The second-order valence-corrected chi connectivity index (χ2v) is 5.10. The van der Waals surface area contributed by atoms with Crippen molar-refractivity contribution in [3.8, 4) is 24.2 Å². The summed E-state index contributed by atoms with van der Waals surface area (Å²) in [5, 5.41) is 0. The third kappa shape index (κ3) is 5.36. The van der Waals surface area contributed by atoms with Crippen molar-refractivity contribution in [3.05, 3.63) is 24.0 Å².